The molecule has 2 aromatic carbocycles. The predicted molar refractivity (Wildman–Crippen MR) is 104 cm³/mol. The number of hydrogen-bond acceptors (Lipinski definition) is 4. The minimum Gasteiger partial charge on any atom is -0.407 e. The van der Waals surface area contributed by atoms with Gasteiger partial charge in [0.05, 0.1) is 11.1 Å². The summed E-state index contributed by atoms with van der Waals surface area (Å²) in [6, 6.07) is 13.9. The second-order valence-electron chi connectivity index (χ2n) is 7.36. The fourth-order valence-electron chi connectivity index (χ4n) is 3.78. The molecule has 4 rings (SSSR count). The van der Waals surface area contributed by atoms with Crippen molar-refractivity contribution < 1.29 is 9.21 Å². The van der Waals surface area contributed by atoms with E-state index in [0.29, 0.717) is 35.7 Å². The van der Waals surface area contributed by atoms with Crippen LogP contribution < -0.4 is 11.1 Å². The van der Waals surface area contributed by atoms with Gasteiger partial charge in [-0.3, -0.25) is 9.78 Å². The van der Waals surface area contributed by atoms with Crippen LogP contribution in [0.1, 0.15) is 28.4 Å². The second kappa shape index (κ2) is 7.04. The summed E-state index contributed by atoms with van der Waals surface area (Å²) in [4.78, 5) is 28.9. The van der Waals surface area contributed by atoms with Crippen LogP contribution in [0, 0.1) is 12.8 Å². The highest BCUT2D eigenvalue weighted by Gasteiger charge is 2.33. The first-order chi connectivity index (χ1) is 13.0. The van der Waals surface area contributed by atoms with Gasteiger partial charge in [-0.05, 0) is 30.5 Å². The van der Waals surface area contributed by atoms with Gasteiger partial charge in [-0.15, -0.1) is 0 Å². The van der Waals surface area contributed by atoms with Gasteiger partial charge < -0.3 is 14.6 Å². The summed E-state index contributed by atoms with van der Waals surface area (Å²) < 4.78 is 5.18. The summed E-state index contributed by atoms with van der Waals surface area (Å²) in [5, 5.41) is 3.58. The van der Waals surface area contributed by atoms with E-state index in [1.165, 1.54) is 11.1 Å². The standard InChI is InChI=1S/C21H23N3O3/c1-13-5-3-6-15(9-13)10-22-18-12-24(11-14(18)2)20(25)16-7-4-8-17-19(16)27-21(26)23-17/h3-9,14,18,22H,10-12H2,1-2H3,(H,23,26)/t14-,18-/m1/s1. The molecule has 2 N–H and O–H groups in total. The first kappa shape index (κ1) is 17.5. The molecule has 140 valence electrons. The van der Waals surface area contributed by atoms with Gasteiger partial charge >= 0.3 is 5.76 Å². The van der Waals surface area contributed by atoms with Gasteiger partial charge in [-0.1, -0.05) is 42.8 Å². The molecule has 1 aliphatic heterocycles. The first-order valence-corrected chi connectivity index (χ1v) is 9.21. The third-order valence-corrected chi connectivity index (χ3v) is 5.23. The molecule has 6 heteroatoms. The molecule has 0 spiro atoms. The molecule has 27 heavy (non-hydrogen) atoms. The van der Waals surface area contributed by atoms with E-state index in [2.05, 4.69) is 48.4 Å². The topological polar surface area (TPSA) is 78.3 Å². The van der Waals surface area contributed by atoms with Crippen molar-refractivity contribution in [1.82, 2.24) is 15.2 Å². The van der Waals surface area contributed by atoms with Crippen LogP contribution in [0.4, 0.5) is 0 Å². The maximum atomic E-state index is 13.0. The van der Waals surface area contributed by atoms with Crippen molar-refractivity contribution in [2.45, 2.75) is 26.4 Å². The molecule has 0 unspecified atom stereocenters. The number of aromatic nitrogens is 1. The number of H-pyrrole nitrogens is 1. The quantitative estimate of drug-likeness (QED) is 0.745. The second-order valence-corrected chi connectivity index (χ2v) is 7.36. The lowest BCUT2D eigenvalue weighted by molar-refractivity contribution is 0.0786. The number of fused-ring (bicyclic) bond motifs is 1. The molecule has 6 nitrogen and oxygen atoms in total. The van der Waals surface area contributed by atoms with Gasteiger partial charge in [-0.2, -0.15) is 0 Å². The third kappa shape index (κ3) is 3.53. The van der Waals surface area contributed by atoms with E-state index >= 15 is 0 Å². The van der Waals surface area contributed by atoms with Crippen molar-refractivity contribution in [3.05, 3.63) is 69.7 Å². The van der Waals surface area contributed by atoms with Crippen molar-refractivity contribution in [2.75, 3.05) is 13.1 Å². The zero-order chi connectivity index (χ0) is 19.0. The molecule has 0 aliphatic carbocycles. The Morgan fingerprint density at radius 2 is 2.07 bits per heavy atom. The number of aromatic amines is 1. The van der Waals surface area contributed by atoms with Crippen LogP contribution in [-0.4, -0.2) is 34.9 Å². The van der Waals surface area contributed by atoms with Crippen molar-refractivity contribution in [3.63, 3.8) is 0 Å². The Morgan fingerprint density at radius 1 is 1.26 bits per heavy atom. The van der Waals surface area contributed by atoms with Gasteiger partial charge in [0.1, 0.15) is 0 Å². The van der Waals surface area contributed by atoms with Gasteiger partial charge in [-0.25, -0.2) is 4.79 Å². The zero-order valence-electron chi connectivity index (χ0n) is 15.5. The Morgan fingerprint density at radius 3 is 2.89 bits per heavy atom. The zero-order valence-corrected chi connectivity index (χ0v) is 15.5. The summed E-state index contributed by atoms with van der Waals surface area (Å²) in [6.07, 6.45) is 0. The van der Waals surface area contributed by atoms with Gasteiger partial charge in [0, 0.05) is 25.7 Å². The number of hydrogen-bond donors (Lipinski definition) is 2. The average Bonchev–Trinajstić information content (AvgIpc) is 3.20. The minimum atomic E-state index is -0.544. The molecule has 1 amide bonds. The molecule has 3 aromatic rings. The number of para-hydroxylation sites is 1. The largest absolute Gasteiger partial charge is 0.417 e. The van der Waals surface area contributed by atoms with E-state index in [1.54, 1.807) is 18.2 Å². The van der Waals surface area contributed by atoms with E-state index in [9.17, 15) is 9.59 Å². The first-order valence-electron chi connectivity index (χ1n) is 9.21. The maximum Gasteiger partial charge on any atom is 0.417 e. The number of carbonyl (C=O) groups excluding carboxylic acids is 1. The summed E-state index contributed by atoms with van der Waals surface area (Å²) in [7, 11) is 0. The van der Waals surface area contributed by atoms with Crippen molar-refractivity contribution in [1.29, 1.82) is 0 Å². The number of benzene rings is 2. The summed E-state index contributed by atoms with van der Waals surface area (Å²) >= 11 is 0. The lowest BCUT2D eigenvalue weighted by Gasteiger charge is -2.18. The summed E-state index contributed by atoms with van der Waals surface area (Å²) in [5.74, 6) is -0.302. The Balaban J connectivity index is 1.47. The minimum absolute atomic E-state index is 0.102. The van der Waals surface area contributed by atoms with E-state index in [1.807, 2.05) is 4.90 Å². The van der Waals surface area contributed by atoms with Crippen LogP contribution in [0.5, 0.6) is 0 Å². The fourth-order valence-corrected chi connectivity index (χ4v) is 3.78. The molecule has 0 bridgehead atoms. The SMILES string of the molecule is Cc1cccc(CN[C@@H]2CN(C(=O)c3cccc4[nH]c(=O)oc34)C[C@H]2C)c1. The number of carbonyl (C=O) groups is 1. The molecular formula is C21H23N3O3. The summed E-state index contributed by atoms with van der Waals surface area (Å²) in [5.41, 5.74) is 3.79. The fraction of sp³-hybridized carbons (Fsp3) is 0.333. The Hall–Kier alpha value is -2.86. The molecule has 1 saturated heterocycles. The molecule has 0 saturated carbocycles. The highest BCUT2D eigenvalue weighted by molar-refractivity contribution is 6.04. The predicted octanol–water partition coefficient (Wildman–Crippen LogP) is 2.68. The van der Waals surface area contributed by atoms with Crippen LogP contribution in [0.25, 0.3) is 11.1 Å². The van der Waals surface area contributed by atoms with E-state index in [4.69, 9.17) is 4.42 Å². The Labute approximate surface area is 157 Å². The van der Waals surface area contributed by atoms with Crippen LogP contribution in [-0.2, 0) is 6.54 Å². The number of nitrogens with one attached hydrogen (secondary N) is 2. The van der Waals surface area contributed by atoms with Gasteiger partial charge in [0.25, 0.3) is 5.91 Å². The smallest absolute Gasteiger partial charge is 0.407 e. The van der Waals surface area contributed by atoms with Crippen LogP contribution >= 0.6 is 0 Å². The number of amides is 1. The van der Waals surface area contributed by atoms with Crippen molar-refractivity contribution in [2.24, 2.45) is 5.92 Å². The lowest BCUT2D eigenvalue weighted by Crippen LogP contribution is -2.36. The van der Waals surface area contributed by atoms with E-state index < -0.39 is 5.76 Å². The van der Waals surface area contributed by atoms with E-state index in [0.717, 1.165) is 6.54 Å². The molecule has 1 aliphatic rings. The van der Waals surface area contributed by atoms with E-state index in [-0.39, 0.29) is 11.9 Å². The number of rotatable bonds is 4. The number of likely N-dealkylation sites (tertiary alicyclic amines) is 1. The molecular weight excluding hydrogens is 342 g/mol. The van der Waals surface area contributed by atoms with Crippen LogP contribution in [0.2, 0.25) is 0 Å². The van der Waals surface area contributed by atoms with Crippen LogP contribution in [0.3, 0.4) is 0 Å². The number of nitrogens with zero attached hydrogens (tertiary/aromatic N) is 1. The Kier molecular flexibility index (Phi) is 4.58. The monoisotopic (exact) mass is 365 g/mol. The van der Waals surface area contributed by atoms with Gasteiger partial charge in [0.15, 0.2) is 5.58 Å². The van der Waals surface area contributed by atoms with Gasteiger partial charge in [0.2, 0.25) is 0 Å². The molecule has 2 heterocycles. The third-order valence-electron chi connectivity index (χ3n) is 5.23. The average molecular weight is 365 g/mol. The Bertz CT molecular complexity index is 1040. The molecule has 0 radical (unpaired) electrons. The normalized spacial score (nSPS) is 19.7. The van der Waals surface area contributed by atoms with Crippen molar-refractivity contribution >= 4 is 17.0 Å². The van der Waals surface area contributed by atoms with Crippen LogP contribution in [0.15, 0.2) is 51.7 Å². The molecule has 1 fully saturated rings. The number of aryl methyl sites for hydroxylation is 1. The number of oxazole rings is 1. The highest BCUT2D eigenvalue weighted by atomic mass is 16.4. The molecule has 1 aromatic heterocycles. The maximum absolute atomic E-state index is 13.0. The molecule has 2 atom stereocenters. The highest BCUT2D eigenvalue weighted by Crippen LogP contribution is 2.23. The summed E-state index contributed by atoms with van der Waals surface area (Å²) in [6.45, 7) is 6.33. The lowest BCUT2D eigenvalue weighted by atomic mass is 10.1. The van der Waals surface area contributed by atoms with Crippen molar-refractivity contribution in [3.8, 4) is 0 Å².